The van der Waals surface area contributed by atoms with Gasteiger partial charge < -0.3 is 9.64 Å². The summed E-state index contributed by atoms with van der Waals surface area (Å²) in [4.78, 5) is 10.5. The van der Waals surface area contributed by atoms with Gasteiger partial charge in [-0.25, -0.2) is 31.9 Å². The lowest BCUT2D eigenvalue weighted by Gasteiger charge is -2.26. The fourth-order valence-corrected chi connectivity index (χ4v) is 3.59. The van der Waals surface area contributed by atoms with E-state index in [0.717, 1.165) is 18.2 Å². The lowest BCUT2D eigenvalue weighted by atomic mass is 10.2. The molecule has 2 aromatic rings. The highest BCUT2D eigenvalue weighted by atomic mass is 32.2. The van der Waals surface area contributed by atoms with E-state index in [-0.39, 0.29) is 12.1 Å². The number of nitrogens with zero attached hydrogens (tertiary/aromatic N) is 3. The van der Waals surface area contributed by atoms with Crippen LogP contribution in [0.15, 0.2) is 30.5 Å². The van der Waals surface area contributed by atoms with Crippen molar-refractivity contribution in [3.63, 3.8) is 0 Å². The molecule has 1 fully saturated rings. The minimum atomic E-state index is -3.86. The molecule has 1 aromatic carbocycles. The van der Waals surface area contributed by atoms with E-state index < -0.39 is 27.4 Å². The third-order valence-corrected chi connectivity index (χ3v) is 5.10. The van der Waals surface area contributed by atoms with Crippen molar-refractivity contribution in [3.05, 3.63) is 53.4 Å². The fourth-order valence-electron chi connectivity index (χ4n) is 2.49. The van der Waals surface area contributed by atoms with Crippen molar-refractivity contribution >= 4 is 16.0 Å². The first-order chi connectivity index (χ1) is 12.4. The molecule has 0 saturated carbocycles. The summed E-state index contributed by atoms with van der Waals surface area (Å²) in [5.74, 6) is -1.62. The van der Waals surface area contributed by atoms with Crippen LogP contribution >= 0.6 is 0 Å². The second-order valence-corrected chi connectivity index (χ2v) is 7.57. The molecule has 0 atom stereocenters. The van der Waals surface area contributed by atoms with E-state index in [1.807, 2.05) is 4.90 Å². The van der Waals surface area contributed by atoms with Crippen LogP contribution in [0, 0.1) is 11.6 Å². The quantitative estimate of drug-likeness (QED) is 0.806. The molecular weight excluding hydrogens is 366 g/mol. The van der Waals surface area contributed by atoms with Crippen LogP contribution in [0.4, 0.5) is 14.7 Å². The van der Waals surface area contributed by atoms with E-state index in [9.17, 15) is 17.2 Å². The van der Waals surface area contributed by atoms with Crippen LogP contribution in [0.2, 0.25) is 0 Å². The van der Waals surface area contributed by atoms with E-state index in [0.29, 0.717) is 37.9 Å². The lowest BCUT2D eigenvalue weighted by molar-refractivity contribution is 0.122. The smallest absolute Gasteiger partial charge is 0.225 e. The average molecular weight is 384 g/mol. The third-order valence-electron chi connectivity index (χ3n) is 3.82. The normalized spacial score (nSPS) is 15.2. The highest BCUT2D eigenvalue weighted by Crippen LogP contribution is 2.14. The molecule has 0 aliphatic carbocycles. The Morgan fingerprint density at radius 1 is 1.19 bits per heavy atom. The van der Waals surface area contributed by atoms with E-state index >= 15 is 0 Å². The van der Waals surface area contributed by atoms with Gasteiger partial charge in [0.25, 0.3) is 0 Å². The first kappa shape index (κ1) is 18.6. The van der Waals surface area contributed by atoms with Crippen LogP contribution in [0.5, 0.6) is 0 Å². The Kier molecular flexibility index (Phi) is 5.74. The van der Waals surface area contributed by atoms with Crippen LogP contribution in [-0.4, -0.2) is 44.7 Å². The van der Waals surface area contributed by atoms with Crippen molar-refractivity contribution in [1.29, 1.82) is 0 Å². The van der Waals surface area contributed by atoms with Crippen LogP contribution in [0.3, 0.4) is 0 Å². The van der Waals surface area contributed by atoms with E-state index in [2.05, 4.69) is 14.7 Å². The standard InChI is InChI=1S/C16H18F2N4O3S/c17-13-1-2-15(18)12(9-13)11-26(23,24)20-10-14-3-4-19-16(21-14)22-5-7-25-8-6-22/h1-4,9,20H,5-8,10-11H2. The Morgan fingerprint density at radius 2 is 1.96 bits per heavy atom. The summed E-state index contributed by atoms with van der Waals surface area (Å²) in [6.45, 7) is 2.42. The van der Waals surface area contributed by atoms with Crippen LogP contribution in [0.25, 0.3) is 0 Å². The fraction of sp³-hybridized carbons (Fsp3) is 0.375. The third kappa shape index (κ3) is 4.93. The molecule has 0 unspecified atom stereocenters. The molecule has 140 valence electrons. The van der Waals surface area contributed by atoms with Gasteiger partial charge in [0.1, 0.15) is 11.6 Å². The van der Waals surface area contributed by atoms with Gasteiger partial charge in [0, 0.05) is 24.8 Å². The number of halogens is 2. The zero-order valence-electron chi connectivity index (χ0n) is 13.9. The number of anilines is 1. The lowest BCUT2D eigenvalue weighted by Crippen LogP contribution is -2.37. The van der Waals surface area contributed by atoms with E-state index in [1.165, 1.54) is 0 Å². The average Bonchev–Trinajstić information content (AvgIpc) is 2.64. The van der Waals surface area contributed by atoms with Crippen molar-refractivity contribution in [2.45, 2.75) is 12.3 Å². The van der Waals surface area contributed by atoms with Gasteiger partial charge in [-0.05, 0) is 24.3 Å². The van der Waals surface area contributed by atoms with Crippen LogP contribution in [0.1, 0.15) is 11.3 Å². The topological polar surface area (TPSA) is 84.4 Å². The molecule has 1 N–H and O–H groups in total. The molecule has 0 spiro atoms. The van der Waals surface area contributed by atoms with Crippen molar-refractivity contribution in [1.82, 2.24) is 14.7 Å². The SMILES string of the molecule is O=S(=O)(Cc1cc(F)ccc1F)NCc1ccnc(N2CCOCC2)n1. The molecule has 3 rings (SSSR count). The molecule has 0 radical (unpaired) electrons. The molecule has 0 bridgehead atoms. The zero-order valence-corrected chi connectivity index (χ0v) is 14.7. The molecule has 1 aromatic heterocycles. The monoisotopic (exact) mass is 384 g/mol. The molecule has 1 aliphatic rings. The summed E-state index contributed by atoms with van der Waals surface area (Å²) in [6, 6.07) is 4.30. The van der Waals surface area contributed by atoms with Gasteiger partial charge in [0.2, 0.25) is 16.0 Å². The number of ether oxygens (including phenoxy) is 1. The summed E-state index contributed by atoms with van der Waals surface area (Å²) in [7, 11) is -3.86. The maximum Gasteiger partial charge on any atom is 0.225 e. The second kappa shape index (κ2) is 8.02. The number of hydrogen-bond donors (Lipinski definition) is 1. The minimum absolute atomic E-state index is 0.0703. The summed E-state index contributed by atoms with van der Waals surface area (Å²) in [6.07, 6.45) is 1.55. The Hall–Kier alpha value is -2.17. The highest BCUT2D eigenvalue weighted by Gasteiger charge is 2.17. The molecule has 10 heteroatoms. The molecule has 7 nitrogen and oxygen atoms in total. The second-order valence-electron chi connectivity index (χ2n) is 5.76. The van der Waals surface area contributed by atoms with Gasteiger partial charge in [0.05, 0.1) is 31.2 Å². The van der Waals surface area contributed by atoms with Crippen molar-refractivity contribution in [2.24, 2.45) is 0 Å². The van der Waals surface area contributed by atoms with Crippen molar-refractivity contribution in [3.8, 4) is 0 Å². The number of nitrogens with one attached hydrogen (secondary N) is 1. The largest absolute Gasteiger partial charge is 0.378 e. The molecule has 26 heavy (non-hydrogen) atoms. The number of morpholine rings is 1. The molecule has 0 amide bonds. The molecule has 1 aliphatic heterocycles. The maximum absolute atomic E-state index is 13.6. The van der Waals surface area contributed by atoms with Gasteiger partial charge in [-0.2, -0.15) is 0 Å². The van der Waals surface area contributed by atoms with E-state index in [4.69, 9.17) is 4.74 Å². The summed E-state index contributed by atoms with van der Waals surface area (Å²) in [5.41, 5.74) is 0.249. The van der Waals surface area contributed by atoms with Crippen molar-refractivity contribution in [2.75, 3.05) is 31.2 Å². The summed E-state index contributed by atoms with van der Waals surface area (Å²) in [5, 5.41) is 0. The van der Waals surface area contributed by atoms with Crippen LogP contribution in [-0.2, 0) is 27.1 Å². The maximum atomic E-state index is 13.6. The number of rotatable bonds is 6. The molecule has 2 heterocycles. The first-order valence-corrected chi connectivity index (χ1v) is 9.64. The number of hydrogen-bond acceptors (Lipinski definition) is 6. The number of sulfonamides is 1. The number of benzene rings is 1. The van der Waals surface area contributed by atoms with E-state index in [1.54, 1.807) is 12.3 Å². The Labute approximate surface area is 150 Å². The van der Waals surface area contributed by atoms with Gasteiger partial charge in [-0.15, -0.1) is 0 Å². The Balaban J connectivity index is 1.65. The Bertz CT molecular complexity index is 874. The van der Waals surface area contributed by atoms with Gasteiger partial charge >= 0.3 is 0 Å². The van der Waals surface area contributed by atoms with Crippen LogP contribution < -0.4 is 9.62 Å². The Morgan fingerprint density at radius 3 is 2.73 bits per heavy atom. The highest BCUT2D eigenvalue weighted by molar-refractivity contribution is 7.88. The van der Waals surface area contributed by atoms with Gasteiger partial charge in [-0.3, -0.25) is 0 Å². The predicted molar refractivity (Wildman–Crippen MR) is 90.9 cm³/mol. The van der Waals surface area contributed by atoms with Gasteiger partial charge in [-0.1, -0.05) is 0 Å². The zero-order chi connectivity index (χ0) is 18.6. The van der Waals surface area contributed by atoms with Gasteiger partial charge in [0.15, 0.2) is 0 Å². The number of aromatic nitrogens is 2. The van der Waals surface area contributed by atoms with Crippen molar-refractivity contribution < 1.29 is 21.9 Å². The minimum Gasteiger partial charge on any atom is -0.378 e. The first-order valence-electron chi connectivity index (χ1n) is 7.99. The summed E-state index contributed by atoms with van der Waals surface area (Å²) >= 11 is 0. The molecule has 1 saturated heterocycles. The summed E-state index contributed by atoms with van der Waals surface area (Å²) < 4.78 is 58.7. The predicted octanol–water partition coefficient (Wildman–Crippen LogP) is 1.21. The molecular formula is C16H18F2N4O3S.